The van der Waals surface area contributed by atoms with Gasteiger partial charge in [0.15, 0.2) is 11.5 Å². The van der Waals surface area contributed by atoms with Crippen molar-refractivity contribution in [3.8, 4) is 0 Å². The third-order valence-corrected chi connectivity index (χ3v) is 5.36. The molecule has 0 radical (unpaired) electrons. The Kier molecular flexibility index (Phi) is 2.66. The van der Waals surface area contributed by atoms with E-state index in [4.69, 9.17) is 11.5 Å². The molecule has 0 spiro atoms. The first-order valence-electron chi connectivity index (χ1n) is 7.42. The van der Waals surface area contributed by atoms with Gasteiger partial charge in [-0.05, 0) is 50.0 Å². The van der Waals surface area contributed by atoms with Gasteiger partial charge in [0.2, 0.25) is 0 Å². The third kappa shape index (κ3) is 1.57. The molecule has 2 aromatic rings. The Balaban J connectivity index is 1.72. The zero-order valence-corrected chi connectivity index (χ0v) is 11.4. The number of nitrogen functional groups attached to an aromatic ring is 1. The summed E-state index contributed by atoms with van der Waals surface area (Å²) in [6, 6.07) is 0.496. The lowest BCUT2D eigenvalue weighted by atomic mass is 9.91. The van der Waals surface area contributed by atoms with Crippen molar-refractivity contribution in [1.29, 1.82) is 0 Å². The van der Waals surface area contributed by atoms with Gasteiger partial charge in [-0.2, -0.15) is 0 Å². The van der Waals surface area contributed by atoms with Crippen LogP contribution in [0.25, 0.3) is 11.2 Å². The van der Waals surface area contributed by atoms with E-state index in [0.717, 1.165) is 29.5 Å². The number of hydrogen-bond acceptors (Lipinski definition) is 5. The Bertz CT molecular complexity index is 636. The zero-order chi connectivity index (χ0) is 13.7. The van der Waals surface area contributed by atoms with Crippen molar-refractivity contribution < 1.29 is 0 Å². The highest BCUT2D eigenvalue weighted by Gasteiger charge is 2.45. The summed E-state index contributed by atoms with van der Waals surface area (Å²) >= 11 is 0. The summed E-state index contributed by atoms with van der Waals surface area (Å²) in [6.45, 7) is 0.827. The Labute approximate surface area is 117 Å². The summed E-state index contributed by atoms with van der Waals surface area (Å²) in [5.74, 6) is 2.67. The number of imidazole rings is 1. The van der Waals surface area contributed by atoms with E-state index in [1.165, 1.54) is 32.0 Å². The van der Waals surface area contributed by atoms with E-state index in [-0.39, 0.29) is 0 Å². The van der Waals surface area contributed by atoms with E-state index in [2.05, 4.69) is 19.5 Å². The largest absolute Gasteiger partial charge is 0.382 e. The van der Waals surface area contributed by atoms with Gasteiger partial charge < -0.3 is 16.0 Å². The van der Waals surface area contributed by atoms with E-state index in [9.17, 15) is 0 Å². The lowest BCUT2D eigenvalue weighted by Crippen LogP contribution is -2.21. The highest BCUT2D eigenvalue weighted by Crippen LogP contribution is 2.52. The van der Waals surface area contributed by atoms with Crippen molar-refractivity contribution in [3.63, 3.8) is 0 Å². The summed E-state index contributed by atoms with van der Waals surface area (Å²) in [4.78, 5) is 12.8. The van der Waals surface area contributed by atoms with Crippen molar-refractivity contribution in [2.75, 3.05) is 12.3 Å². The number of anilines is 1. The quantitative estimate of drug-likeness (QED) is 0.860. The Morgan fingerprint density at radius 1 is 1.10 bits per heavy atom. The standard InChI is InChI=1S/C14H20N6/c15-5-8-1-2-10-9(8)3-4-11(10)20-7-19-12-13(16)17-6-18-14(12)20/h6-11H,1-5,15H2,(H2,16,17,18)/t8-,9-,10+,11+/m1/s1. The lowest BCUT2D eigenvalue weighted by Gasteiger charge is -2.21. The molecule has 4 atom stereocenters. The predicted molar refractivity (Wildman–Crippen MR) is 76.8 cm³/mol. The summed E-state index contributed by atoms with van der Waals surface area (Å²) in [5, 5.41) is 0. The maximum atomic E-state index is 5.91. The Morgan fingerprint density at radius 2 is 1.95 bits per heavy atom. The molecule has 0 saturated heterocycles. The van der Waals surface area contributed by atoms with Crippen LogP contribution < -0.4 is 11.5 Å². The number of fused-ring (bicyclic) bond motifs is 2. The lowest BCUT2D eigenvalue weighted by molar-refractivity contribution is 0.318. The fourth-order valence-corrected chi connectivity index (χ4v) is 4.44. The van der Waals surface area contributed by atoms with Crippen LogP contribution in [0.2, 0.25) is 0 Å². The van der Waals surface area contributed by atoms with Gasteiger partial charge in [-0.3, -0.25) is 0 Å². The van der Waals surface area contributed by atoms with Gasteiger partial charge in [0.05, 0.1) is 6.33 Å². The van der Waals surface area contributed by atoms with Crippen molar-refractivity contribution in [1.82, 2.24) is 19.5 Å². The molecule has 2 aromatic heterocycles. The van der Waals surface area contributed by atoms with Crippen LogP contribution in [0.15, 0.2) is 12.7 Å². The molecule has 0 aliphatic heterocycles. The van der Waals surface area contributed by atoms with Gasteiger partial charge in [0, 0.05) is 6.04 Å². The minimum Gasteiger partial charge on any atom is -0.382 e. The monoisotopic (exact) mass is 272 g/mol. The molecule has 2 aliphatic carbocycles. The van der Waals surface area contributed by atoms with Gasteiger partial charge in [0.25, 0.3) is 0 Å². The minimum absolute atomic E-state index is 0.467. The second-order valence-electron chi connectivity index (χ2n) is 6.13. The summed E-state index contributed by atoms with van der Waals surface area (Å²) in [5.41, 5.74) is 13.4. The minimum atomic E-state index is 0.467. The molecule has 20 heavy (non-hydrogen) atoms. The Hall–Kier alpha value is -1.69. The molecule has 2 heterocycles. The van der Waals surface area contributed by atoms with Gasteiger partial charge in [-0.25, -0.2) is 15.0 Å². The number of nitrogens with zero attached hydrogens (tertiary/aromatic N) is 4. The average Bonchev–Trinajstić information content (AvgIpc) is 3.11. The van der Waals surface area contributed by atoms with Gasteiger partial charge in [0.1, 0.15) is 11.8 Å². The van der Waals surface area contributed by atoms with Crippen LogP contribution >= 0.6 is 0 Å². The molecule has 0 unspecified atom stereocenters. The summed E-state index contributed by atoms with van der Waals surface area (Å²) < 4.78 is 2.22. The Morgan fingerprint density at radius 3 is 2.80 bits per heavy atom. The molecule has 4 N–H and O–H groups in total. The van der Waals surface area contributed by atoms with Crippen LogP contribution in [0, 0.1) is 17.8 Å². The smallest absolute Gasteiger partial charge is 0.165 e. The van der Waals surface area contributed by atoms with Gasteiger partial charge in [-0.1, -0.05) is 0 Å². The molecule has 2 fully saturated rings. The van der Waals surface area contributed by atoms with Crippen LogP contribution in [-0.2, 0) is 0 Å². The molecule has 0 aromatic carbocycles. The molecular weight excluding hydrogens is 252 g/mol. The van der Waals surface area contributed by atoms with Crippen molar-refractivity contribution in [3.05, 3.63) is 12.7 Å². The molecule has 4 rings (SSSR count). The molecule has 2 aliphatic rings. The van der Waals surface area contributed by atoms with Crippen molar-refractivity contribution >= 4 is 17.0 Å². The second-order valence-corrected chi connectivity index (χ2v) is 6.13. The van der Waals surface area contributed by atoms with Crippen molar-refractivity contribution in [2.45, 2.75) is 31.7 Å². The summed E-state index contributed by atoms with van der Waals surface area (Å²) in [7, 11) is 0. The average molecular weight is 272 g/mol. The molecule has 6 heteroatoms. The fraction of sp³-hybridized carbons (Fsp3) is 0.643. The van der Waals surface area contributed by atoms with Crippen LogP contribution in [0.4, 0.5) is 5.82 Å². The number of rotatable bonds is 2. The van der Waals surface area contributed by atoms with Crippen LogP contribution in [0.3, 0.4) is 0 Å². The molecule has 0 bridgehead atoms. The predicted octanol–water partition coefficient (Wildman–Crippen LogP) is 1.34. The highest BCUT2D eigenvalue weighted by atomic mass is 15.2. The maximum Gasteiger partial charge on any atom is 0.165 e. The van der Waals surface area contributed by atoms with E-state index < -0.39 is 0 Å². The summed E-state index contributed by atoms with van der Waals surface area (Å²) in [6.07, 6.45) is 8.43. The molecular formula is C14H20N6. The van der Waals surface area contributed by atoms with E-state index in [0.29, 0.717) is 17.8 Å². The topological polar surface area (TPSA) is 95.6 Å². The maximum absolute atomic E-state index is 5.91. The number of nitrogens with two attached hydrogens (primary N) is 2. The first kappa shape index (κ1) is 12.1. The number of aromatic nitrogens is 4. The van der Waals surface area contributed by atoms with Gasteiger partial charge >= 0.3 is 0 Å². The van der Waals surface area contributed by atoms with Crippen molar-refractivity contribution in [2.24, 2.45) is 23.5 Å². The first-order chi connectivity index (χ1) is 9.79. The van der Waals surface area contributed by atoms with E-state index >= 15 is 0 Å². The fourth-order valence-electron chi connectivity index (χ4n) is 4.44. The first-order valence-corrected chi connectivity index (χ1v) is 7.42. The van der Waals surface area contributed by atoms with E-state index in [1.54, 1.807) is 0 Å². The molecule has 2 saturated carbocycles. The molecule has 0 amide bonds. The van der Waals surface area contributed by atoms with Crippen LogP contribution in [0.1, 0.15) is 31.7 Å². The normalized spacial score (nSPS) is 32.9. The molecule has 6 nitrogen and oxygen atoms in total. The van der Waals surface area contributed by atoms with Gasteiger partial charge in [-0.15, -0.1) is 0 Å². The SMILES string of the molecule is NC[C@H]1CC[C@H]2[C@@H]1CC[C@@H]2n1cnc2c(N)ncnc21. The van der Waals surface area contributed by atoms with Crippen LogP contribution in [0.5, 0.6) is 0 Å². The molecule has 106 valence electrons. The highest BCUT2D eigenvalue weighted by molar-refractivity contribution is 5.81. The third-order valence-electron chi connectivity index (χ3n) is 5.36. The second kappa shape index (κ2) is 4.41. The zero-order valence-electron chi connectivity index (χ0n) is 11.4. The number of hydrogen-bond donors (Lipinski definition) is 2. The van der Waals surface area contributed by atoms with Crippen LogP contribution in [-0.4, -0.2) is 26.1 Å². The van der Waals surface area contributed by atoms with E-state index in [1.807, 2.05) is 6.33 Å².